The van der Waals surface area contributed by atoms with Crippen molar-refractivity contribution in [3.63, 3.8) is 0 Å². The fourth-order valence-corrected chi connectivity index (χ4v) is 1.28. The van der Waals surface area contributed by atoms with Crippen molar-refractivity contribution < 1.29 is 9.47 Å². The van der Waals surface area contributed by atoms with Gasteiger partial charge in [-0.25, -0.2) is 4.98 Å². The van der Waals surface area contributed by atoms with Gasteiger partial charge in [-0.05, 0) is 18.2 Å². The molecule has 1 heterocycles. The second-order valence-corrected chi connectivity index (χ2v) is 3.21. The summed E-state index contributed by atoms with van der Waals surface area (Å²) in [6, 6.07) is 10.7. The molecule has 4 nitrogen and oxygen atoms in total. The van der Waals surface area contributed by atoms with Gasteiger partial charge in [0.1, 0.15) is 11.5 Å². The van der Waals surface area contributed by atoms with E-state index in [0.29, 0.717) is 23.1 Å². The molecule has 16 heavy (non-hydrogen) atoms. The van der Waals surface area contributed by atoms with E-state index in [-0.39, 0.29) is 0 Å². The van der Waals surface area contributed by atoms with Crippen LogP contribution in [0.4, 0.5) is 5.69 Å². The Balaban J connectivity index is 2.20. The number of hydrogen-bond donors (Lipinski definition) is 1. The molecule has 0 spiro atoms. The van der Waals surface area contributed by atoms with Gasteiger partial charge in [-0.15, -0.1) is 0 Å². The third-order valence-electron chi connectivity index (χ3n) is 2.01. The van der Waals surface area contributed by atoms with Gasteiger partial charge < -0.3 is 15.2 Å². The molecule has 0 atom stereocenters. The first-order valence-corrected chi connectivity index (χ1v) is 4.81. The highest BCUT2D eigenvalue weighted by atomic mass is 16.5. The third-order valence-corrected chi connectivity index (χ3v) is 2.01. The van der Waals surface area contributed by atoms with E-state index in [2.05, 4.69) is 4.98 Å². The predicted molar refractivity (Wildman–Crippen MR) is 61.7 cm³/mol. The molecular formula is C12H12N2O2. The van der Waals surface area contributed by atoms with Crippen molar-refractivity contribution in [3.05, 3.63) is 42.6 Å². The summed E-state index contributed by atoms with van der Waals surface area (Å²) < 4.78 is 10.6. The third kappa shape index (κ3) is 2.42. The van der Waals surface area contributed by atoms with E-state index in [1.54, 1.807) is 37.6 Å². The smallest absolute Gasteiger partial charge is 0.216 e. The Bertz CT molecular complexity index is 486. The Kier molecular flexibility index (Phi) is 2.91. The Morgan fingerprint density at radius 1 is 1.12 bits per heavy atom. The zero-order valence-electron chi connectivity index (χ0n) is 8.88. The van der Waals surface area contributed by atoms with Gasteiger partial charge >= 0.3 is 0 Å². The molecule has 0 bridgehead atoms. The van der Waals surface area contributed by atoms with E-state index in [1.807, 2.05) is 12.1 Å². The molecule has 0 aliphatic rings. The van der Waals surface area contributed by atoms with Crippen molar-refractivity contribution in [1.29, 1.82) is 0 Å². The average Bonchev–Trinajstić information content (AvgIpc) is 2.29. The van der Waals surface area contributed by atoms with Crippen molar-refractivity contribution in [3.8, 4) is 17.4 Å². The summed E-state index contributed by atoms with van der Waals surface area (Å²) in [6.45, 7) is 0. The first kappa shape index (κ1) is 10.3. The maximum Gasteiger partial charge on any atom is 0.216 e. The van der Waals surface area contributed by atoms with Crippen molar-refractivity contribution in [1.82, 2.24) is 4.98 Å². The number of ether oxygens (including phenoxy) is 2. The first-order valence-electron chi connectivity index (χ1n) is 4.81. The van der Waals surface area contributed by atoms with Crippen LogP contribution in [0.3, 0.4) is 0 Å². The lowest BCUT2D eigenvalue weighted by molar-refractivity contribution is 0.392. The summed E-state index contributed by atoms with van der Waals surface area (Å²) >= 11 is 0. The van der Waals surface area contributed by atoms with E-state index in [1.165, 1.54) is 0 Å². The summed E-state index contributed by atoms with van der Waals surface area (Å²) in [5.41, 5.74) is 6.32. The molecule has 1 aromatic carbocycles. The van der Waals surface area contributed by atoms with E-state index in [4.69, 9.17) is 15.2 Å². The molecule has 0 saturated heterocycles. The van der Waals surface area contributed by atoms with Gasteiger partial charge in [0.05, 0.1) is 7.11 Å². The number of rotatable bonds is 3. The molecule has 0 fully saturated rings. The van der Waals surface area contributed by atoms with Crippen molar-refractivity contribution >= 4 is 5.69 Å². The van der Waals surface area contributed by atoms with E-state index in [9.17, 15) is 0 Å². The number of benzene rings is 1. The summed E-state index contributed by atoms with van der Waals surface area (Å²) in [6.07, 6.45) is 1.63. The van der Waals surface area contributed by atoms with Crippen LogP contribution >= 0.6 is 0 Å². The second kappa shape index (κ2) is 4.53. The number of aromatic nitrogens is 1. The number of methoxy groups -OCH3 is 1. The lowest BCUT2D eigenvalue weighted by atomic mass is 10.3. The molecule has 0 amide bonds. The number of nitrogen functional groups attached to an aromatic ring is 1. The largest absolute Gasteiger partial charge is 0.481 e. The van der Waals surface area contributed by atoms with E-state index >= 15 is 0 Å². The average molecular weight is 216 g/mol. The van der Waals surface area contributed by atoms with Crippen molar-refractivity contribution in [2.75, 3.05) is 12.8 Å². The van der Waals surface area contributed by atoms with Gasteiger partial charge in [0, 0.05) is 24.0 Å². The quantitative estimate of drug-likeness (QED) is 0.801. The molecule has 0 aliphatic carbocycles. The highest BCUT2D eigenvalue weighted by Crippen LogP contribution is 2.24. The first-order chi connectivity index (χ1) is 7.78. The van der Waals surface area contributed by atoms with Gasteiger partial charge in [-0.3, -0.25) is 0 Å². The van der Waals surface area contributed by atoms with Crippen LogP contribution in [0.25, 0.3) is 0 Å². The summed E-state index contributed by atoms with van der Waals surface area (Å²) in [7, 11) is 1.56. The fourth-order valence-electron chi connectivity index (χ4n) is 1.28. The topological polar surface area (TPSA) is 57.4 Å². The van der Waals surface area contributed by atoms with Crippen LogP contribution < -0.4 is 15.2 Å². The minimum absolute atomic E-state index is 0.515. The normalized spacial score (nSPS) is 9.81. The number of hydrogen-bond acceptors (Lipinski definition) is 4. The minimum Gasteiger partial charge on any atom is -0.481 e. The van der Waals surface area contributed by atoms with Crippen molar-refractivity contribution in [2.45, 2.75) is 0 Å². The molecule has 0 aliphatic heterocycles. The Hall–Kier alpha value is -2.23. The predicted octanol–water partition coefficient (Wildman–Crippen LogP) is 2.46. The number of pyridine rings is 1. The Morgan fingerprint density at radius 3 is 2.69 bits per heavy atom. The SMILES string of the molecule is COc1cc(Oc2cccc(N)c2)ccn1. The van der Waals surface area contributed by atoms with E-state index in [0.717, 1.165) is 0 Å². The van der Waals surface area contributed by atoms with Crippen LogP contribution in [0.5, 0.6) is 17.4 Å². The summed E-state index contributed by atoms with van der Waals surface area (Å²) in [5, 5.41) is 0. The van der Waals surface area contributed by atoms with E-state index < -0.39 is 0 Å². The lowest BCUT2D eigenvalue weighted by Gasteiger charge is -2.06. The minimum atomic E-state index is 0.515. The monoisotopic (exact) mass is 216 g/mol. The zero-order chi connectivity index (χ0) is 11.4. The van der Waals surface area contributed by atoms with Crippen molar-refractivity contribution in [2.24, 2.45) is 0 Å². The van der Waals surface area contributed by atoms with Gasteiger partial charge in [0.15, 0.2) is 0 Å². The zero-order valence-corrected chi connectivity index (χ0v) is 8.88. The molecule has 2 aromatic rings. The molecule has 2 rings (SSSR count). The van der Waals surface area contributed by atoms with Crippen LogP contribution in [0.2, 0.25) is 0 Å². The molecular weight excluding hydrogens is 204 g/mol. The molecule has 0 radical (unpaired) electrons. The van der Waals surface area contributed by atoms with Gasteiger partial charge in [0.2, 0.25) is 5.88 Å². The maximum atomic E-state index is 5.65. The summed E-state index contributed by atoms with van der Waals surface area (Å²) in [4.78, 5) is 3.99. The Labute approximate surface area is 93.6 Å². The molecule has 0 unspecified atom stereocenters. The van der Waals surface area contributed by atoms with Crippen LogP contribution in [-0.2, 0) is 0 Å². The standard InChI is InChI=1S/C12H12N2O2/c1-15-12-8-11(5-6-14-12)16-10-4-2-3-9(13)7-10/h2-8H,13H2,1H3. The van der Waals surface area contributed by atoms with Gasteiger partial charge in [-0.1, -0.05) is 6.07 Å². The number of nitrogens with two attached hydrogens (primary N) is 1. The molecule has 4 heteroatoms. The Morgan fingerprint density at radius 2 is 1.94 bits per heavy atom. The van der Waals surface area contributed by atoms with Crippen LogP contribution in [0.1, 0.15) is 0 Å². The maximum absolute atomic E-state index is 5.65. The second-order valence-electron chi connectivity index (χ2n) is 3.21. The highest BCUT2D eigenvalue weighted by Gasteiger charge is 2.00. The van der Waals surface area contributed by atoms with Gasteiger partial charge in [-0.2, -0.15) is 0 Å². The highest BCUT2D eigenvalue weighted by molar-refractivity contribution is 5.45. The molecule has 2 N–H and O–H groups in total. The number of anilines is 1. The van der Waals surface area contributed by atoms with Crippen LogP contribution in [0.15, 0.2) is 42.6 Å². The molecule has 1 aromatic heterocycles. The van der Waals surface area contributed by atoms with Crippen LogP contribution in [0, 0.1) is 0 Å². The molecule has 82 valence electrons. The molecule has 0 saturated carbocycles. The fraction of sp³-hybridized carbons (Fsp3) is 0.0833. The lowest BCUT2D eigenvalue weighted by Crippen LogP contribution is -1.90. The number of nitrogens with zero attached hydrogens (tertiary/aromatic N) is 1. The summed E-state index contributed by atoms with van der Waals surface area (Å²) in [5.74, 6) is 1.87. The van der Waals surface area contributed by atoms with Crippen LogP contribution in [-0.4, -0.2) is 12.1 Å². The van der Waals surface area contributed by atoms with Gasteiger partial charge in [0.25, 0.3) is 0 Å².